The number of hydrogen-bond donors (Lipinski definition) is 1. The number of nitrogens with zero attached hydrogens (tertiary/aromatic N) is 2. The SMILES string of the molecule is CN(C)C(CN)c1cocn1. The molecule has 1 aromatic heterocycles. The van der Waals surface area contributed by atoms with Crippen molar-refractivity contribution in [3.05, 3.63) is 18.4 Å². The Morgan fingerprint density at radius 3 is 2.82 bits per heavy atom. The summed E-state index contributed by atoms with van der Waals surface area (Å²) in [6, 6.07) is 0.161. The van der Waals surface area contributed by atoms with E-state index < -0.39 is 0 Å². The molecule has 1 unspecified atom stereocenters. The Labute approximate surface area is 66.0 Å². The van der Waals surface area contributed by atoms with E-state index >= 15 is 0 Å². The molecule has 2 N–H and O–H groups in total. The molecular weight excluding hydrogens is 142 g/mol. The van der Waals surface area contributed by atoms with E-state index in [4.69, 9.17) is 10.2 Å². The van der Waals surface area contributed by atoms with Crippen molar-refractivity contribution in [3.8, 4) is 0 Å². The molecule has 0 aliphatic carbocycles. The molecule has 0 amide bonds. The van der Waals surface area contributed by atoms with Crippen LogP contribution in [0.5, 0.6) is 0 Å². The second-order valence-electron chi connectivity index (χ2n) is 2.63. The Morgan fingerprint density at radius 1 is 1.73 bits per heavy atom. The highest BCUT2D eigenvalue weighted by atomic mass is 16.3. The third kappa shape index (κ3) is 1.78. The van der Waals surface area contributed by atoms with Crippen molar-refractivity contribution in [1.29, 1.82) is 0 Å². The van der Waals surface area contributed by atoms with Gasteiger partial charge in [-0.2, -0.15) is 0 Å². The lowest BCUT2D eigenvalue weighted by molar-refractivity contribution is 0.300. The van der Waals surface area contributed by atoms with Crippen molar-refractivity contribution in [1.82, 2.24) is 9.88 Å². The number of aromatic nitrogens is 1. The molecule has 0 radical (unpaired) electrons. The zero-order valence-corrected chi connectivity index (χ0v) is 6.82. The van der Waals surface area contributed by atoms with Crippen molar-refractivity contribution in [3.63, 3.8) is 0 Å². The lowest BCUT2D eigenvalue weighted by atomic mass is 10.2. The fourth-order valence-corrected chi connectivity index (χ4v) is 0.983. The molecular formula is C7H13N3O. The average Bonchev–Trinajstić information content (AvgIpc) is 2.40. The lowest BCUT2D eigenvalue weighted by Gasteiger charge is -2.19. The Hall–Kier alpha value is -0.870. The third-order valence-electron chi connectivity index (χ3n) is 1.64. The first-order valence-corrected chi connectivity index (χ1v) is 3.50. The standard InChI is InChI=1S/C7H13N3O/c1-10(2)7(3-8)6-4-11-5-9-6/h4-5,7H,3,8H2,1-2H3. The zero-order chi connectivity index (χ0) is 8.27. The average molecular weight is 155 g/mol. The molecule has 0 bridgehead atoms. The minimum Gasteiger partial charge on any atom is -0.451 e. The Bertz CT molecular complexity index is 195. The van der Waals surface area contributed by atoms with Gasteiger partial charge in [0.1, 0.15) is 6.26 Å². The van der Waals surface area contributed by atoms with Gasteiger partial charge in [-0.25, -0.2) is 4.98 Å². The van der Waals surface area contributed by atoms with E-state index in [1.54, 1.807) is 6.26 Å². The van der Waals surface area contributed by atoms with Gasteiger partial charge >= 0.3 is 0 Å². The van der Waals surface area contributed by atoms with Gasteiger partial charge in [-0.1, -0.05) is 0 Å². The predicted octanol–water partition coefficient (Wildman–Crippen LogP) is 0.236. The van der Waals surface area contributed by atoms with Gasteiger partial charge in [0.05, 0.1) is 11.7 Å². The molecule has 0 fully saturated rings. The van der Waals surface area contributed by atoms with Crippen LogP contribution in [0.3, 0.4) is 0 Å². The highest BCUT2D eigenvalue weighted by Crippen LogP contribution is 2.13. The van der Waals surface area contributed by atoms with E-state index in [2.05, 4.69) is 4.98 Å². The third-order valence-corrected chi connectivity index (χ3v) is 1.64. The second kappa shape index (κ2) is 3.50. The van der Waals surface area contributed by atoms with Crippen molar-refractivity contribution in [2.24, 2.45) is 5.73 Å². The van der Waals surface area contributed by atoms with Crippen molar-refractivity contribution in [2.75, 3.05) is 20.6 Å². The minimum absolute atomic E-state index is 0.161. The van der Waals surface area contributed by atoms with Gasteiger partial charge in [-0.3, -0.25) is 4.90 Å². The van der Waals surface area contributed by atoms with E-state index in [9.17, 15) is 0 Å². The predicted molar refractivity (Wildman–Crippen MR) is 42.0 cm³/mol. The van der Waals surface area contributed by atoms with Gasteiger partial charge in [-0.15, -0.1) is 0 Å². The second-order valence-corrected chi connectivity index (χ2v) is 2.63. The smallest absolute Gasteiger partial charge is 0.180 e. The lowest BCUT2D eigenvalue weighted by Crippen LogP contribution is -2.27. The summed E-state index contributed by atoms with van der Waals surface area (Å²) in [4.78, 5) is 6.03. The highest BCUT2D eigenvalue weighted by Gasteiger charge is 2.13. The van der Waals surface area contributed by atoms with Crippen LogP contribution in [0.4, 0.5) is 0 Å². The van der Waals surface area contributed by atoms with Gasteiger partial charge in [0.15, 0.2) is 6.39 Å². The van der Waals surface area contributed by atoms with Gasteiger partial charge in [0, 0.05) is 6.54 Å². The van der Waals surface area contributed by atoms with Crippen molar-refractivity contribution in [2.45, 2.75) is 6.04 Å². The van der Waals surface area contributed by atoms with Crippen LogP contribution >= 0.6 is 0 Å². The summed E-state index contributed by atoms with van der Waals surface area (Å²) in [7, 11) is 3.93. The quantitative estimate of drug-likeness (QED) is 0.679. The molecule has 0 saturated carbocycles. The molecule has 1 rings (SSSR count). The summed E-state index contributed by atoms with van der Waals surface area (Å²) >= 11 is 0. The summed E-state index contributed by atoms with van der Waals surface area (Å²) in [6.07, 6.45) is 3.04. The summed E-state index contributed by atoms with van der Waals surface area (Å²) in [5.74, 6) is 0. The van der Waals surface area contributed by atoms with Crippen LogP contribution in [-0.4, -0.2) is 30.5 Å². The van der Waals surface area contributed by atoms with Crippen LogP contribution in [-0.2, 0) is 0 Å². The first-order chi connectivity index (χ1) is 5.25. The van der Waals surface area contributed by atoms with Gasteiger partial charge < -0.3 is 10.2 Å². The van der Waals surface area contributed by atoms with Crippen molar-refractivity contribution < 1.29 is 4.42 Å². The maximum atomic E-state index is 5.54. The van der Waals surface area contributed by atoms with Crippen molar-refractivity contribution >= 4 is 0 Å². The summed E-state index contributed by atoms with van der Waals surface area (Å²) in [6.45, 7) is 0.555. The zero-order valence-electron chi connectivity index (χ0n) is 6.82. The summed E-state index contributed by atoms with van der Waals surface area (Å²) in [5, 5.41) is 0. The van der Waals surface area contributed by atoms with Crippen LogP contribution in [0, 0.1) is 0 Å². The van der Waals surface area contributed by atoms with Crippen LogP contribution in [0.25, 0.3) is 0 Å². The maximum absolute atomic E-state index is 5.54. The van der Waals surface area contributed by atoms with Crippen LogP contribution < -0.4 is 5.73 Å². The van der Waals surface area contributed by atoms with E-state index in [1.807, 2.05) is 19.0 Å². The molecule has 1 aromatic rings. The highest BCUT2D eigenvalue weighted by molar-refractivity contribution is 5.00. The first-order valence-electron chi connectivity index (χ1n) is 3.50. The van der Waals surface area contributed by atoms with Gasteiger partial charge in [-0.05, 0) is 14.1 Å². The van der Waals surface area contributed by atoms with E-state index in [0.29, 0.717) is 6.54 Å². The summed E-state index contributed by atoms with van der Waals surface area (Å²) < 4.78 is 4.85. The Kier molecular flexibility index (Phi) is 2.62. The molecule has 1 heterocycles. The molecule has 0 aliphatic heterocycles. The fraction of sp³-hybridized carbons (Fsp3) is 0.571. The number of nitrogens with two attached hydrogens (primary N) is 1. The molecule has 11 heavy (non-hydrogen) atoms. The Balaban J connectivity index is 2.71. The van der Waals surface area contributed by atoms with Crippen LogP contribution in [0.2, 0.25) is 0 Å². The topological polar surface area (TPSA) is 55.3 Å². The number of oxazole rings is 1. The minimum atomic E-state index is 0.161. The molecule has 0 aromatic carbocycles. The Morgan fingerprint density at radius 2 is 2.45 bits per heavy atom. The number of rotatable bonds is 3. The normalized spacial score (nSPS) is 13.8. The fourth-order valence-electron chi connectivity index (χ4n) is 0.983. The van der Waals surface area contributed by atoms with Crippen LogP contribution in [0.1, 0.15) is 11.7 Å². The van der Waals surface area contributed by atoms with Gasteiger partial charge in [0.25, 0.3) is 0 Å². The molecule has 62 valence electrons. The maximum Gasteiger partial charge on any atom is 0.180 e. The van der Waals surface area contributed by atoms with E-state index in [-0.39, 0.29) is 6.04 Å². The largest absolute Gasteiger partial charge is 0.451 e. The van der Waals surface area contributed by atoms with E-state index in [0.717, 1.165) is 5.69 Å². The number of likely N-dealkylation sites (N-methyl/N-ethyl adjacent to an activating group) is 1. The molecule has 4 heteroatoms. The van der Waals surface area contributed by atoms with E-state index in [1.165, 1.54) is 6.39 Å². The first kappa shape index (κ1) is 8.23. The molecule has 4 nitrogen and oxygen atoms in total. The molecule has 1 atom stereocenters. The summed E-state index contributed by atoms with van der Waals surface area (Å²) in [5.41, 5.74) is 6.43. The van der Waals surface area contributed by atoms with Crippen LogP contribution in [0.15, 0.2) is 17.1 Å². The molecule has 0 spiro atoms. The van der Waals surface area contributed by atoms with Gasteiger partial charge in [0.2, 0.25) is 0 Å². The number of hydrogen-bond acceptors (Lipinski definition) is 4. The molecule has 0 saturated heterocycles. The monoisotopic (exact) mass is 155 g/mol. The molecule has 0 aliphatic rings.